The fraction of sp³-hybridized carbons (Fsp3) is 0.769. The Morgan fingerprint density at radius 2 is 2.47 bits per heavy atom. The lowest BCUT2D eigenvalue weighted by Gasteiger charge is -2.36. The van der Waals surface area contributed by atoms with Crippen LogP contribution in [-0.2, 0) is 9.47 Å². The molecule has 4 fully saturated rings. The smallest absolute Gasteiger partial charge is 0.182 e. The Morgan fingerprint density at radius 1 is 1.65 bits per heavy atom. The highest BCUT2D eigenvalue weighted by Gasteiger charge is 2.89. The van der Waals surface area contributed by atoms with Crippen LogP contribution in [0.15, 0.2) is 12.5 Å². The topological polar surface area (TPSA) is 48.6 Å². The van der Waals surface area contributed by atoms with Crippen LogP contribution in [0.5, 0.6) is 0 Å². The van der Waals surface area contributed by atoms with Crippen LogP contribution >= 0.6 is 0 Å². The van der Waals surface area contributed by atoms with E-state index in [9.17, 15) is 0 Å². The van der Waals surface area contributed by atoms with E-state index in [4.69, 9.17) is 14.7 Å². The maximum atomic E-state index is 9.12. The molecular weight excluding hydrogens is 216 g/mol. The molecule has 4 nitrogen and oxygen atoms in total. The molecule has 0 N–H and O–H groups in total. The number of epoxide rings is 1. The summed E-state index contributed by atoms with van der Waals surface area (Å²) in [6, 6.07) is 2.86. The Labute approximate surface area is 101 Å². The van der Waals surface area contributed by atoms with Crippen molar-refractivity contribution in [2.75, 3.05) is 6.61 Å². The van der Waals surface area contributed by atoms with Crippen molar-refractivity contribution >= 4 is 0 Å². The molecule has 4 unspecified atom stereocenters. The Kier molecular flexibility index (Phi) is 1.60. The Morgan fingerprint density at radius 3 is 3.18 bits per heavy atom. The van der Waals surface area contributed by atoms with Crippen LogP contribution in [0.2, 0.25) is 0 Å². The highest BCUT2D eigenvalue weighted by atomic mass is 16.6. The van der Waals surface area contributed by atoms with Gasteiger partial charge < -0.3 is 14.4 Å². The first-order valence-electron chi connectivity index (χ1n) is 6.41. The minimum atomic E-state index is 0.171. The number of nitrogens with zero attached hydrogens (tertiary/aromatic N) is 2. The average molecular weight is 232 g/mol. The molecule has 0 radical (unpaired) electrons. The van der Waals surface area contributed by atoms with E-state index >= 15 is 0 Å². The van der Waals surface area contributed by atoms with E-state index in [0.29, 0.717) is 30.8 Å². The van der Waals surface area contributed by atoms with Crippen LogP contribution in [0.25, 0.3) is 0 Å². The first-order valence-corrected chi connectivity index (χ1v) is 6.41. The van der Waals surface area contributed by atoms with Crippen LogP contribution in [0.3, 0.4) is 0 Å². The van der Waals surface area contributed by atoms with Crippen LogP contribution < -0.4 is 0 Å². The van der Waals surface area contributed by atoms with E-state index in [-0.39, 0.29) is 11.5 Å². The molecule has 2 heterocycles. The van der Waals surface area contributed by atoms with Gasteiger partial charge in [-0.2, -0.15) is 5.26 Å². The summed E-state index contributed by atoms with van der Waals surface area (Å²) >= 11 is 0. The van der Waals surface area contributed by atoms with Gasteiger partial charge >= 0.3 is 0 Å². The molecule has 0 aromatic rings. The molecule has 2 aliphatic heterocycles. The maximum absolute atomic E-state index is 9.12. The van der Waals surface area contributed by atoms with Crippen LogP contribution in [0, 0.1) is 23.2 Å². The summed E-state index contributed by atoms with van der Waals surface area (Å²) in [5.41, 5.74) is 0.171. The summed E-state index contributed by atoms with van der Waals surface area (Å²) in [7, 11) is 0. The van der Waals surface area contributed by atoms with E-state index in [1.807, 2.05) is 6.92 Å². The molecule has 0 bridgehead atoms. The summed E-state index contributed by atoms with van der Waals surface area (Å²) < 4.78 is 11.3. The summed E-state index contributed by atoms with van der Waals surface area (Å²) in [5.74, 6) is 1.49. The normalized spacial score (nSPS) is 52.2. The zero-order valence-corrected chi connectivity index (χ0v) is 9.93. The number of rotatable bonds is 3. The molecule has 0 amide bonds. The van der Waals surface area contributed by atoms with Gasteiger partial charge in [0.1, 0.15) is 6.10 Å². The van der Waals surface area contributed by atoms with Crippen molar-refractivity contribution in [1.29, 1.82) is 5.26 Å². The fourth-order valence-corrected chi connectivity index (χ4v) is 4.31. The molecular formula is C13H16N2O2. The number of fused-ring (bicyclic) bond motifs is 2. The lowest BCUT2D eigenvalue weighted by molar-refractivity contribution is 0.127. The highest BCUT2D eigenvalue weighted by molar-refractivity contribution is 5.43. The van der Waals surface area contributed by atoms with Crippen molar-refractivity contribution in [2.24, 2.45) is 11.8 Å². The standard InChI is InChI=1S/C13H16N2O2/c1-3-16-7(2)15-10-5-8(6-14)4-9-11-12(17-11)13(9,10)15/h8-12H,2-5H2,1H3/t8?,9?,10?,11-,12-,13?,15?/m1/s1. The number of likely N-dealkylation sites (tertiary alicyclic amines) is 1. The molecule has 4 aliphatic rings. The van der Waals surface area contributed by atoms with E-state index in [1.165, 1.54) is 0 Å². The molecule has 6 atom stereocenters. The van der Waals surface area contributed by atoms with Gasteiger partial charge in [-0.15, -0.1) is 0 Å². The second-order valence-corrected chi connectivity index (χ2v) is 5.53. The zero-order valence-electron chi connectivity index (χ0n) is 9.93. The molecule has 2 aliphatic carbocycles. The van der Waals surface area contributed by atoms with Crippen molar-refractivity contribution in [3.63, 3.8) is 0 Å². The van der Waals surface area contributed by atoms with E-state index in [1.54, 1.807) is 0 Å². The minimum absolute atomic E-state index is 0.171. The number of hydrogen-bond acceptors (Lipinski definition) is 4. The fourth-order valence-electron chi connectivity index (χ4n) is 4.31. The van der Waals surface area contributed by atoms with E-state index in [0.717, 1.165) is 18.7 Å². The number of ether oxygens (including phenoxy) is 2. The van der Waals surface area contributed by atoms with Crippen LogP contribution in [0.1, 0.15) is 19.8 Å². The predicted molar refractivity (Wildman–Crippen MR) is 59.6 cm³/mol. The van der Waals surface area contributed by atoms with Gasteiger partial charge in [-0.3, -0.25) is 0 Å². The first-order chi connectivity index (χ1) is 8.25. The van der Waals surface area contributed by atoms with Gasteiger partial charge in [-0.05, 0) is 26.3 Å². The number of nitriles is 1. The van der Waals surface area contributed by atoms with Crippen molar-refractivity contribution in [1.82, 2.24) is 4.90 Å². The zero-order chi connectivity index (χ0) is 11.8. The molecule has 90 valence electrons. The van der Waals surface area contributed by atoms with Gasteiger partial charge in [-0.25, -0.2) is 0 Å². The van der Waals surface area contributed by atoms with Crippen molar-refractivity contribution in [2.45, 2.75) is 43.6 Å². The molecule has 0 aromatic carbocycles. The Bertz CT molecular complexity index is 443. The van der Waals surface area contributed by atoms with Gasteiger partial charge in [0.05, 0.1) is 30.4 Å². The summed E-state index contributed by atoms with van der Waals surface area (Å²) in [4.78, 5) is 2.28. The minimum Gasteiger partial charge on any atom is -0.480 e. The third kappa shape index (κ3) is 0.902. The third-order valence-corrected chi connectivity index (χ3v) is 4.98. The molecule has 1 spiro atoms. The van der Waals surface area contributed by atoms with Gasteiger partial charge in [0.15, 0.2) is 5.88 Å². The van der Waals surface area contributed by atoms with Crippen molar-refractivity contribution in [3.8, 4) is 6.07 Å². The first kappa shape index (κ1) is 9.78. The SMILES string of the molecule is C=C(OCC)N1C2CC(C#N)CC3[C@H]4O[C@H]4C321. The predicted octanol–water partition coefficient (Wildman–Crippen LogP) is 1.25. The average Bonchev–Trinajstić information content (AvgIpc) is 3.17. The van der Waals surface area contributed by atoms with Gasteiger partial charge in [0.25, 0.3) is 0 Å². The lowest BCUT2D eigenvalue weighted by Crippen LogP contribution is -2.52. The van der Waals surface area contributed by atoms with Crippen LogP contribution in [0.4, 0.5) is 0 Å². The van der Waals surface area contributed by atoms with Crippen molar-refractivity contribution < 1.29 is 9.47 Å². The molecule has 4 rings (SSSR count). The highest BCUT2D eigenvalue weighted by Crippen LogP contribution is 2.74. The largest absolute Gasteiger partial charge is 0.480 e. The second-order valence-electron chi connectivity index (χ2n) is 5.53. The lowest BCUT2D eigenvalue weighted by atomic mass is 9.62. The quantitative estimate of drug-likeness (QED) is 0.542. The summed E-state index contributed by atoms with van der Waals surface area (Å²) in [5, 5.41) is 9.12. The van der Waals surface area contributed by atoms with Gasteiger partial charge in [-0.1, -0.05) is 0 Å². The van der Waals surface area contributed by atoms with Gasteiger partial charge in [0.2, 0.25) is 0 Å². The van der Waals surface area contributed by atoms with Crippen molar-refractivity contribution in [3.05, 3.63) is 12.5 Å². The maximum Gasteiger partial charge on any atom is 0.182 e. The van der Waals surface area contributed by atoms with Gasteiger partial charge in [0, 0.05) is 11.8 Å². The van der Waals surface area contributed by atoms with Crippen LogP contribution in [-0.4, -0.2) is 35.3 Å². The molecule has 17 heavy (non-hydrogen) atoms. The Balaban J connectivity index is 1.61. The second kappa shape index (κ2) is 2.78. The molecule has 2 saturated carbocycles. The third-order valence-electron chi connectivity index (χ3n) is 4.98. The summed E-state index contributed by atoms with van der Waals surface area (Å²) in [6.45, 7) is 6.64. The molecule has 2 saturated heterocycles. The monoisotopic (exact) mass is 232 g/mol. The molecule has 0 aromatic heterocycles. The molecule has 4 heteroatoms. The van der Waals surface area contributed by atoms with E-state index < -0.39 is 0 Å². The summed E-state index contributed by atoms with van der Waals surface area (Å²) in [6.07, 6.45) is 2.76. The number of hydrogen-bond donors (Lipinski definition) is 0. The van der Waals surface area contributed by atoms with E-state index in [2.05, 4.69) is 17.5 Å². The Hall–Kier alpha value is -1.21.